The number of benzene rings is 1. The van der Waals surface area contributed by atoms with Crippen LogP contribution in [-0.2, 0) is 11.2 Å². The first-order valence-corrected chi connectivity index (χ1v) is 7.63. The molecule has 3 rings (SSSR count). The lowest BCUT2D eigenvalue weighted by Crippen LogP contribution is -2.15. The SMILES string of the molecule is c1ccc(CC2=NC(CC3CCCCC3)CO2)cc1. The van der Waals surface area contributed by atoms with E-state index in [4.69, 9.17) is 9.73 Å². The molecule has 1 atom stereocenters. The molecule has 1 fully saturated rings. The van der Waals surface area contributed by atoms with Crippen LogP contribution in [0.15, 0.2) is 35.3 Å². The Labute approximate surface area is 115 Å². The molecule has 0 amide bonds. The predicted octanol–water partition coefficient (Wildman–Crippen LogP) is 4.00. The van der Waals surface area contributed by atoms with Crippen molar-refractivity contribution in [1.29, 1.82) is 0 Å². The Kier molecular flexibility index (Phi) is 4.16. The normalized spacial score (nSPS) is 24.0. The first kappa shape index (κ1) is 12.7. The molecule has 2 heteroatoms. The number of hydrogen-bond acceptors (Lipinski definition) is 2. The van der Waals surface area contributed by atoms with Gasteiger partial charge in [-0.15, -0.1) is 0 Å². The quantitative estimate of drug-likeness (QED) is 0.799. The Morgan fingerprint density at radius 2 is 1.84 bits per heavy atom. The van der Waals surface area contributed by atoms with E-state index >= 15 is 0 Å². The molecule has 0 N–H and O–H groups in total. The highest BCUT2D eigenvalue weighted by molar-refractivity contribution is 5.80. The lowest BCUT2D eigenvalue weighted by Gasteiger charge is -2.22. The third kappa shape index (κ3) is 3.59. The molecule has 1 unspecified atom stereocenters. The molecule has 102 valence electrons. The van der Waals surface area contributed by atoms with Gasteiger partial charge in [-0.1, -0.05) is 62.4 Å². The summed E-state index contributed by atoms with van der Waals surface area (Å²) in [6.07, 6.45) is 9.15. The van der Waals surface area contributed by atoms with Gasteiger partial charge in [-0.25, -0.2) is 4.99 Å². The van der Waals surface area contributed by atoms with Crippen molar-refractivity contribution in [2.24, 2.45) is 10.9 Å². The summed E-state index contributed by atoms with van der Waals surface area (Å²) in [4.78, 5) is 4.77. The minimum atomic E-state index is 0.418. The number of hydrogen-bond donors (Lipinski definition) is 0. The molecule has 2 nitrogen and oxygen atoms in total. The van der Waals surface area contributed by atoms with Gasteiger partial charge in [0.1, 0.15) is 6.61 Å². The second kappa shape index (κ2) is 6.23. The zero-order valence-electron chi connectivity index (χ0n) is 11.6. The van der Waals surface area contributed by atoms with Crippen LogP contribution in [0.4, 0.5) is 0 Å². The predicted molar refractivity (Wildman–Crippen MR) is 78.5 cm³/mol. The van der Waals surface area contributed by atoms with E-state index < -0.39 is 0 Å². The molecule has 0 spiro atoms. The number of ether oxygens (including phenoxy) is 1. The smallest absolute Gasteiger partial charge is 0.188 e. The van der Waals surface area contributed by atoms with E-state index in [0.29, 0.717) is 6.04 Å². The van der Waals surface area contributed by atoms with E-state index in [-0.39, 0.29) is 0 Å². The Balaban J connectivity index is 1.52. The van der Waals surface area contributed by atoms with Crippen molar-refractivity contribution in [3.8, 4) is 0 Å². The van der Waals surface area contributed by atoms with Gasteiger partial charge in [0, 0.05) is 6.42 Å². The largest absolute Gasteiger partial charge is 0.478 e. The maximum absolute atomic E-state index is 5.76. The number of nitrogens with zero attached hydrogens (tertiary/aromatic N) is 1. The molecule has 1 aromatic carbocycles. The van der Waals surface area contributed by atoms with Gasteiger partial charge in [-0.2, -0.15) is 0 Å². The molecule has 0 radical (unpaired) electrons. The average molecular weight is 257 g/mol. The molecule has 1 aliphatic heterocycles. The van der Waals surface area contributed by atoms with E-state index in [1.54, 1.807) is 0 Å². The molecule has 1 aromatic rings. The van der Waals surface area contributed by atoms with Gasteiger partial charge in [-0.05, 0) is 17.9 Å². The topological polar surface area (TPSA) is 21.6 Å². The highest BCUT2D eigenvalue weighted by Gasteiger charge is 2.23. The number of aliphatic imine (C=N–C) groups is 1. The third-order valence-corrected chi connectivity index (χ3v) is 4.30. The molecule has 0 aromatic heterocycles. The molecule has 2 aliphatic rings. The second-order valence-electron chi connectivity index (χ2n) is 5.89. The maximum Gasteiger partial charge on any atom is 0.188 e. The van der Waals surface area contributed by atoms with Crippen molar-refractivity contribution in [2.75, 3.05) is 6.61 Å². The van der Waals surface area contributed by atoms with Crippen LogP contribution in [0.1, 0.15) is 44.1 Å². The zero-order chi connectivity index (χ0) is 12.9. The minimum absolute atomic E-state index is 0.418. The highest BCUT2D eigenvalue weighted by atomic mass is 16.5. The van der Waals surface area contributed by atoms with E-state index in [0.717, 1.165) is 24.8 Å². The molecular formula is C17H23NO. The van der Waals surface area contributed by atoms with Crippen LogP contribution in [-0.4, -0.2) is 18.5 Å². The third-order valence-electron chi connectivity index (χ3n) is 4.30. The van der Waals surface area contributed by atoms with Crippen LogP contribution in [0, 0.1) is 5.92 Å². The summed E-state index contributed by atoms with van der Waals surface area (Å²) < 4.78 is 5.76. The summed E-state index contributed by atoms with van der Waals surface area (Å²) in [6, 6.07) is 10.9. The van der Waals surface area contributed by atoms with Gasteiger partial charge in [-0.3, -0.25) is 0 Å². The minimum Gasteiger partial charge on any atom is -0.478 e. The first-order chi connectivity index (χ1) is 9.40. The van der Waals surface area contributed by atoms with Crippen LogP contribution in [0.3, 0.4) is 0 Å². The lowest BCUT2D eigenvalue weighted by atomic mass is 9.85. The van der Waals surface area contributed by atoms with Crippen LogP contribution in [0.5, 0.6) is 0 Å². The molecule has 0 bridgehead atoms. The van der Waals surface area contributed by atoms with Crippen LogP contribution in [0.25, 0.3) is 0 Å². The lowest BCUT2D eigenvalue weighted by molar-refractivity contribution is 0.265. The molecular weight excluding hydrogens is 234 g/mol. The molecule has 0 saturated heterocycles. The summed E-state index contributed by atoms with van der Waals surface area (Å²) in [5.74, 6) is 1.83. The first-order valence-electron chi connectivity index (χ1n) is 7.63. The van der Waals surface area contributed by atoms with Crippen LogP contribution in [0.2, 0.25) is 0 Å². The van der Waals surface area contributed by atoms with Crippen molar-refractivity contribution < 1.29 is 4.74 Å². The van der Waals surface area contributed by atoms with Gasteiger partial charge in [0.15, 0.2) is 5.90 Å². The van der Waals surface area contributed by atoms with Gasteiger partial charge < -0.3 is 4.74 Å². The summed E-state index contributed by atoms with van der Waals surface area (Å²) >= 11 is 0. The van der Waals surface area contributed by atoms with Crippen molar-refractivity contribution in [3.63, 3.8) is 0 Å². The Hall–Kier alpha value is -1.31. The van der Waals surface area contributed by atoms with Crippen LogP contribution < -0.4 is 0 Å². The van der Waals surface area contributed by atoms with Crippen molar-refractivity contribution in [1.82, 2.24) is 0 Å². The summed E-state index contributed by atoms with van der Waals surface area (Å²) in [6.45, 7) is 0.804. The standard InChI is InChI=1S/C17H23NO/c1-3-7-14(8-4-1)11-16-13-19-17(18-16)12-15-9-5-2-6-10-15/h2,5-6,9-10,14,16H,1,3-4,7-8,11-13H2. The summed E-state index contributed by atoms with van der Waals surface area (Å²) in [5.41, 5.74) is 1.29. The maximum atomic E-state index is 5.76. The van der Waals surface area contributed by atoms with Gasteiger partial charge in [0.25, 0.3) is 0 Å². The Morgan fingerprint density at radius 1 is 1.05 bits per heavy atom. The summed E-state index contributed by atoms with van der Waals surface area (Å²) in [5, 5.41) is 0. The Bertz CT molecular complexity index is 420. The molecule has 1 aliphatic carbocycles. The van der Waals surface area contributed by atoms with Gasteiger partial charge in [0.2, 0.25) is 0 Å². The molecule has 1 heterocycles. The van der Waals surface area contributed by atoms with E-state index in [2.05, 4.69) is 24.3 Å². The highest BCUT2D eigenvalue weighted by Crippen LogP contribution is 2.29. The van der Waals surface area contributed by atoms with Crippen LogP contribution >= 0.6 is 0 Å². The zero-order valence-corrected chi connectivity index (χ0v) is 11.6. The van der Waals surface area contributed by atoms with Gasteiger partial charge in [0.05, 0.1) is 6.04 Å². The van der Waals surface area contributed by atoms with Crippen molar-refractivity contribution in [3.05, 3.63) is 35.9 Å². The van der Waals surface area contributed by atoms with Crippen molar-refractivity contribution >= 4 is 5.90 Å². The van der Waals surface area contributed by atoms with E-state index in [9.17, 15) is 0 Å². The Morgan fingerprint density at radius 3 is 2.63 bits per heavy atom. The second-order valence-corrected chi connectivity index (χ2v) is 5.89. The number of rotatable bonds is 4. The van der Waals surface area contributed by atoms with E-state index in [1.807, 2.05) is 6.07 Å². The fourth-order valence-corrected chi connectivity index (χ4v) is 3.27. The fourth-order valence-electron chi connectivity index (χ4n) is 3.27. The molecule has 1 saturated carbocycles. The summed E-state index contributed by atoms with van der Waals surface area (Å²) in [7, 11) is 0. The van der Waals surface area contributed by atoms with E-state index in [1.165, 1.54) is 44.1 Å². The molecule has 19 heavy (non-hydrogen) atoms. The van der Waals surface area contributed by atoms with Crippen molar-refractivity contribution in [2.45, 2.75) is 51.0 Å². The monoisotopic (exact) mass is 257 g/mol. The fraction of sp³-hybridized carbons (Fsp3) is 0.588. The van der Waals surface area contributed by atoms with Gasteiger partial charge >= 0.3 is 0 Å². The average Bonchev–Trinajstić information content (AvgIpc) is 2.88.